The monoisotopic (exact) mass is 249 g/mol. The summed E-state index contributed by atoms with van der Waals surface area (Å²) < 4.78 is 28.5. The van der Waals surface area contributed by atoms with Crippen molar-refractivity contribution in [2.24, 2.45) is 0 Å². The van der Waals surface area contributed by atoms with Crippen LogP contribution in [0.1, 0.15) is 12.6 Å². The Hall–Kier alpha value is -1.75. The van der Waals surface area contributed by atoms with Crippen molar-refractivity contribution in [3.8, 4) is 11.1 Å². The molecule has 0 saturated heterocycles. The van der Waals surface area contributed by atoms with E-state index in [1.165, 1.54) is 12.1 Å². The Labute approximate surface area is 103 Å². The Morgan fingerprint density at radius 3 is 2.94 bits per heavy atom. The van der Waals surface area contributed by atoms with Gasteiger partial charge in [0.15, 0.2) is 0 Å². The third kappa shape index (κ3) is 1.80. The molecule has 1 aromatic heterocycles. The van der Waals surface area contributed by atoms with E-state index in [2.05, 4.69) is 17.3 Å². The summed E-state index contributed by atoms with van der Waals surface area (Å²) in [5, 5.41) is 7.57. The van der Waals surface area contributed by atoms with E-state index in [0.717, 1.165) is 23.9 Å². The molecule has 1 aromatic carbocycles. The topological polar surface area (TPSA) is 29.9 Å². The smallest absolute Gasteiger partial charge is 0.134 e. The van der Waals surface area contributed by atoms with Gasteiger partial charge in [-0.1, -0.05) is 0 Å². The summed E-state index contributed by atoms with van der Waals surface area (Å²) in [6.07, 6.45) is 1.64. The molecule has 1 aliphatic rings. The minimum absolute atomic E-state index is 0.350. The van der Waals surface area contributed by atoms with Crippen LogP contribution >= 0.6 is 0 Å². The summed E-state index contributed by atoms with van der Waals surface area (Å²) in [5.74, 6) is -1.12. The van der Waals surface area contributed by atoms with Crippen LogP contribution in [0.2, 0.25) is 0 Å². The molecule has 0 fully saturated rings. The van der Waals surface area contributed by atoms with Gasteiger partial charge in [-0.2, -0.15) is 5.10 Å². The number of rotatable bonds is 1. The molecule has 18 heavy (non-hydrogen) atoms. The number of nitrogens with one attached hydrogen (secondary N) is 1. The van der Waals surface area contributed by atoms with Gasteiger partial charge in [0.2, 0.25) is 0 Å². The number of hydrogen-bond acceptors (Lipinski definition) is 2. The first-order valence-corrected chi connectivity index (χ1v) is 5.88. The average molecular weight is 249 g/mol. The van der Waals surface area contributed by atoms with E-state index in [0.29, 0.717) is 18.2 Å². The van der Waals surface area contributed by atoms with Crippen LogP contribution in [0, 0.1) is 11.6 Å². The fraction of sp³-hybridized carbons (Fsp3) is 0.308. The first-order valence-electron chi connectivity index (χ1n) is 5.88. The van der Waals surface area contributed by atoms with Gasteiger partial charge < -0.3 is 5.32 Å². The summed E-state index contributed by atoms with van der Waals surface area (Å²) in [6, 6.07) is 3.98. The van der Waals surface area contributed by atoms with Crippen LogP contribution in [-0.4, -0.2) is 15.8 Å². The molecule has 94 valence electrons. The molecule has 3 rings (SSSR count). The second kappa shape index (κ2) is 4.17. The third-order valence-electron chi connectivity index (χ3n) is 3.23. The van der Waals surface area contributed by atoms with Crippen LogP contribution in [0.25, 0.3) is 11.1 Å². The minimum atomic E-state index is -0.566. The van der Waals surface area contributed by atoms with Crippen LogP contribution < -0.4 is 5.32 Å². The Balaban J connectivity index is 2.08. The van der Waals surface area contributed by atoms with Crippen LogP contribution in [-0.2, 0) is 13.1 Å². The van der Waals surface area contributed by atoms with Gasteiger partial charge in [-0.3, -0.25) is 4.68 Å². The van der Waals surface area contributed by atoms with E-state index in [1.807, 2.05) is 4.68 Å². The lowest BCUT2D eigenvalue weighted by Gasteiger charge is -2.22. The lowest BCUT2D eigenvalue weighted by atomic mass is 10.0. The molecule has 3 nitrogen and oxygen atoms in total. The summed E-state index contributed by atoms with van der Waals surface area (Å²) in [5.41, 5.74) is 2.07. The summed E-state index contributed by atoms with van der Waals surface area (Å²) in [6.45, 7) is 3.48. The van der Waals surface area contributed by atoms with E-state index in [1.54, 1.807) is 6.20 Å². The molecule has 1 atom stereocenters. The van der Waals surface area contributed by atoms with Crippen LogP contribution in [0.15, 0.2) is 24.4 Å². The Morgan fingerprint density at radius 1 is 1.33 bits per heavy atom. The zero-order chi connectivity index (χ0) is 12.7. The molecule has 2 heterocycles. The second-order valence-electron chi connectivity index (χ2n) is 4.59. The lowest BCUT2D eigenvalue weighted by molar-refractivity contribution is 0.389. The van der Waals surface area contributed by atoms with Gasteiger partial charge in [-0.05, 0) is 19.1 Å². The summed E-state index contributed by atoms with van der Waals surface area (Å²) >= 11 is 0. The Kier molecular flexibility index (Phi) is 2.63. The fourth-order valence-corrected chi connectivity index (χ4v) is 2.28. The molecule has 5 heteroatoms. The first-order chi connectivity index (χ1) is 8.65. The van der Waals surface area contributed by atoms with Gasteiger partial charge >= 0.3 is 0 Å². The van der Waals surface area contributed by atoms with Gasteiger partial charge in [0.25, 0.3) is 0 Å². The number of hydrogen-bond donors (Lipinski definition) is 1. The lowest BCUT2D eigenvalue weighted by Crippen LogP contribution is -2.36. The number of nitrogens with zero attached hydrogens (tertiary/aromatic N) is 2. The number of benzene rings is 1. The summed E-state index contributed by atoms with van der Waals surface area (Å²) in [4.78, 5) is 0. The van der Waals surface area contributed by atoms with Crippen molar-refractivity contribution in [2.75, 3.05) is 0 Å². The largest absolute Gasteiger partial charge is 0.307 e. The van der Waals surface area contributed by atoms with Crippen LogP contribution in [0.3, 0.4) is 0 Å². The van der Waals surface area contributed by atoms with Crippen LogP contribution in [0.4, 0.5) is 8.78 Å². The highest BCUT2D eigenvalue weighted by Gasteiger charge is 2.20. The molecule has 0 spiro atoms. The number of halogens is 2. The van der Waals surface area contributed by atoms with Crippen molar-refractivity contribution in [1.82, 2.24) is 15.1 Å². The van der Waals surface area contributed by atoms with Gasteiger partial charge in [-0.25, -0.2) is 8.78 Å². The van der Waals surface area contributed by atoms with E-state index < -0.39 is 11.6 Å². The van der Waals surface area contributed by atoms with Gasteiger partial charge in [0, 0.05) is 29.8 Å². The predicted octanol–water partition coefficient (Wildman–Crippen LogP) is 2.32. The van der Waals surface area contributed by atoms with Crippen LogP contribution in [0.5, 0.6) is 0 Å². The SMILES string of the molecule is CC1Cn2ncc(-c3ccc(F)cc3F)c2CN1. The van der Waals surface area contributed by atoms with Gasteiger partial charge in [0.05, 0.1) is 18.4 Å². The molecule has 1 unspecified atom stereocenters. The molecule has 0 amide bonds. The average Bonchev–Trinajstić information content (AvgIpc) is 2.72. The maximum atomic E-state index is 13.8. The highest BCUT2D eigenvalue weighted by Crippen LogP contribution is 2.28. The van der Waals surface area contributed by atoms with Crippen molar-refractivity contribution in [3.63, 3.8) is 0 Å². The quantitative estimate of drug-likeness (QED) is 0.840. The van der Waals surface area contributed by atoms with E-state index >= 15 is 0 Å². The molecular formula is C13H13F2N3. The second-order valence-corrected chi connectivity index (χ2v) is 4.59. The molecule has 0 bridgehead atoms. The summed E-state index contributed by atoms with van der Waals surface area (Å²) in [7, 11) is 0. The van der Waals surface area contributed by atoms with Crippen molar-refractivity contribution >= 4 is 0 Å². The minimum Gasteiger partial charge on any atom is -0.307 e. The number of aromatic nitrogens is 2. The van der Waals surface area contributed by atoms with Crippen molar-refractivity contribution in [1.29, 1.82) is 0 Å². The van der Waals surface area contributed by atoms with E-state index in [4.69, 9.17) is 0 Å². The normalized spacial score (nSPS) is 18.7. The molecule has 0 saturated carbocycles. The molecule has 2 aromatic rings. The molecular weight excluding hydrogens is 236 g/mol. The van der Waals surface area contributed by atoms with Crippen molar-refractivity contribution < 1.29 is 8.78 Å². The highest BCUT2D eigenvalue weighted by molar-refractivity contribution is 5.66. The predicted molar refractivity (Wildman–Crippen MR) is 63.9 cm³/mol. The molecule has 1 N–H and O–H groups in total. The van der Waals surface area contributed by atoms with E-state index in [9.17, 15) is 8.78 Å². The Morgan fingerprint density at radius 2 is 2.17 bits per heavy atom. The molecule has 1 aliphatic heterocycles. The zero-order valence-electron chi connectivity index (χ0n) is 9.95. The zero-order valence-corrected chi connectivity index (χ0v) is 9.95. The molecule has 0 aliphatic carbocycles. The van der Waals surface area contributed by atoms with Gasteiger partial charge in [-0.15, -0.1) is 0 Å². The first kappa shape index (κ1) is 11.3. The maximum Gasteiger partial charge on any atom is 0.134 e. The molecule has 0 radical (unpaired) electrons. The fourth-order valence-electron chi connectivity index (χ4n) is 2.28. The highest BCUT2D eigenvalue weighted by atomic mass is 19.1. The maximum absolute atomic E-state index is 13.8. The van der Waals surface area contributed by atoms with Crippen molar-refractivity contribution in [3.05, 3.63) is 41.7 Å². The Bertz CT molecular complexity index is 592. The third-order valence-corrected chi connectivity index (χ3v) is 3.23. The standard InChI is InChI=1S/C13H13F2N3/c1-8-7-18-13(6-16-8)11(5-17-18)10-3-2-9(14)4-12(10)15/h2-5,8,16H,6-7H2,1H3. The van der Waals surface area contributed by atoms with Crippen molar-refractivity contribution in [2.45, 2.75) is 26.1 Å². The number of fused-ring (bicyclic) bond motifs is 1. The van der Waals surface area contributed by atoms with Gasteiger partial charge in [0.1, 0.15) is 11.6 Å². The van der Waals surface area contributed by atoms with E-state index in [-0.39, 0.29) is 0 Å².